The van der Waals surface area contributed by atoms with Crippen LogP contribution in [0.3, 0.4) is 0 Å². The standard InChI is InChI=1S/C17H25N3O3/c1-23-9-5-8-19-16(21)13-10-14(12-18-11-13)17(22)20-15-6-3-2-4-7-15/h10-12,15H,2-9H2,1H3,(H,19,21)(H,20,22). The molecule has 0 aromatic carbocycles. The molecule has 126 valence electrons. The first-order valence-electron chi connectivity index (χ1n) is 8.23. The number of carbonyl (C=O) groups excluding carboxylic acids is 2. The van der Waals surface area contributed by atoms with E-state index in [0.717, 1.165) is 32.1 Å². The van der Waals surface area contributed by atoms with Crippen LogP contribution in [0.5, 0.6) is 0 Å². The number of amides is 2. The van der Waals surface area contributed by atoms with Crippen LogP contribution in [0.25, 0.3) is 0 Å². The number of ether oxygens (including phenoxy) is 1. The van der Waals surface area contributed by atoms with Gasteiger partial charge in [0.1, 0.15) is 0 Å². The molecule has 2 amide bonds. The van der Waals surface area contributed by atoms with Gasteiger partial charge in [0.15, 0.2) is 0 Å². The van der Waals surface area contributed by atoms with Crippen molar-refractivity contribution in [1.82, 2.24) is 15.6 Å². The molecule has 2 N–H and O–H groups in total. The van der Waals surface area contributed by atoms with Gasteiger partial charge in [0, 0.05) is 38.7 Å². The van der Waals surface area contributed by atoms with Crippen LogP contribution in [0, 0.1) is 0 Å². The number of methoxy groups -OCH3 is 1. The van der Waals surface area contributed by atoms with Gasteiger partial charge < -0.3 is 15.4 Å². The van der Waals surface area contributed by atoms with Crippen molar-refractivity contribution < 1.29 is 14.3 Å². The summed E-state index contributed by atoms with van der Waals surface area (Å²) in [6.45, 7) is 1.13. The van der Waals surface area contributed by atoms with Crippen LogP contribution < -0.4 is 10.6 Å². The van der Waals surface area contributed by atoms with Gasteiger partial charge in [0.2, 0.25) is 0 Å². The molecule has 0 bridgehead atoms. The van der Waals surface area contributed by atoms with Crippen molar-refractivity contribution in [2.45, 2.75) is 44.6 Å². The third-order valence-corrected chi connectivity index (χ3v) is 4.01. The summed E-state index contributed by atoms with van der Waals surface area (Å²) in [6.07, 6.45) is 9.34. The first kappa shape index (κ1) is 17.4. The summed E-state index contributed by atoms with van der Waals surface area (Å²) in [7, 11) is 1.63. The number of aromatic nitrogens is 1. The summed E-state index contributed by atoms with van der Waals surface area (Å²) >= 11 is 0. The van der Waals surface area contributed by atoms with Crippen molar-refractivity contribution in [3.05, 3.63) is 29.6 Å². The number of nitrogens with one attached hydrogen (secondary N) is 2. The van der Waals surface area contributed by atoms with Gasteiger partial charge in [-0.1, -0.05) is 19.3 Å². The second-order valence-electron chi connectivity index (χ2n) is 5.87. The van der Waals surface area contributed by atoms with E-state index in [1.807, 2.05) is 0 Å². The second kappa shape index (κ2) is 9.25. The fourth-order valence-electron chi connectivity index (χ4n) is 2.72. The van der Waals surface area contributed by atoms with E-state index in [-0.39, 0.29) is 17.9 Å². The Morgan fingerprint density at radius 1 is 1.17 bits per heavy atom. The number of hydrogen-bond acceptors (Lipinski definition) is 4. The molecule has 23 heavy (non-hydrogen) atoms. The lowest BCUT2D eigenvalue weighted by molar-refractivity contribution is 0.0927. The average Bonchev–Trinajstić information content (AvgIpc) is 2.59. The van der Waals surface area contributed by atoms with E-state index in [0.29, 0.717) is 24.3 Å². The molecule has 1 aliphatic carbocycles. The highest BCUT2D eigenvalue weighted by Gasteiger charge is 2.17. The Bertz CT molecular complexity index is 528. The van der Waals surface area contributed by atoms with Crippen LogP contribution >= 0.6 is 0 Å². The predicted octanol–water partition coefficient (Wildman–Crippen LogP) is 1.91. The lowest BCUT2D eigenvalue weighted by atomic mass is 9.95. The summed E-state index contributed by atoms with van der Waals surface area (Å²) in [5.41, 5.74) is 0.832. The summed E-state index contributed by atoms with van der Waals surface area (Å²) in [6, 6.07) is 1.83. The Morgan fingerprint density at radius 3 is 2.57 bits per heavy atom. The van der Waals surface area contributed by atoms with Crippen LogP contribution in [-0.2, 0) is 4.74 Å². The predicted molar refractivity (Wildman–Crippen MR) is 87.4 cm³/mol. The Labute approximate surface area is 137 Å². The maximum absolute atomic E-state index is 12.3. The largest absolute Gasteiger partial charge is 0.385 e. The first-order valence-corrected chi connectivity index (χ1v) is 8.23. The second-order valence-corrected chi connectivity index (χ2v) is 5.87. The lowest BCUT2D eigenvalue weighted by Gasteiger charge is -2.22. The molecule has 6 nitrogen and oxygen atoms in total. The van der Waals surface area contributed by atoms with Gasteiger partial charge in [-0.15, -0.1) is 0 Å². The molecular weight excluding hydrogens is 294 g/mol. The topological polar surface area (TPSA) is 80.3 Å². The van der Waals surface area contributed by atoms with Crippen molar-refractivity contribution in [3.8, 4) is 0 Å². The zero-order valence-corrected chi connectivity index (χ0v) is 13.6. The van der Waals surface area contributed by atoms with Gasteiger partial charge in [-0.2, -0.15) is 0 Å². The van der Waals surface area contributed by atoms with Crippen molar-refractivity contribution in [3.63, 3.8) is 0 Å². The molecule has 2 rings (SSSR count). The Morgan fingerprint density at radius 2 is 1.87 bits per heavy atom. The molecule has 6 heteroatoms. The van der Waals surface area contributed by atoms with Crippen molar-refractivity contribution in [2.24, 2.45) is 0 Å². The Kier molecular flexibility index (Phi) is 7.00. The smallest absolute Gasteiger partial charge is 0.253 e. The number of nitrogens with zero attached hydrogens (tertiary/aromatic N) is 1. The van der Waals surface area contributed by atoms with E-state index in [2.05, 4.69) is 15.6 Å². The summed E-state index contributed by atoms with van der Waals surface area (Å²) in [5.74, 6) is -0.376. The zero-order valence-electron chi connectivity index (χ0n) is 13.6. The van der Waals surface area contributed by atoms with E-state index >= 15 is 0 Å². The number of pyridine rings is 1. The van der Waals surface area contributed by atoms with E-state index in [4.69, 9.17) is 4.74 Å². The van der Waals surface area contributed by atoms with Gasteiger partial charge in [-0.05, 0) is 25.3 Å². The van der Waals surface area contributed by atoms with Crippen LogP contribution in [0.1, 0.15) is 59.2 Å². The lowest BCUT2D eigenvalue weighted by Crippen LogP contribution is -2.36. The van der Waals surface area contributed by atoms with Crippen molar-refractivity contribution >= 4 is 11.8 Å². The third kappa shape index (κ3) is 5.63. The molecule has 1 aliphatic rings. The van der Waals surface area contributed by atoms with E-state index in [1.54, 1.807) is 13.2 Å². The molecule has 0 radical (unpaired) electrons. The highest BCUT2D eigenvalue weighted by atomic mass is 16.5. The number of carbonyl (C=O) groups is 2. The fourth-order valence-corrected chi connectivity index (χ4v) is 2.72. The Hall–Kier alpha value is -1.95. The fraction of sp³-hybridized carbons (Fsp3) is 0.588. The summed E-state index contributed by atoms with van der Waals surface area (Å²) in [4.78, 5) is 28.4. The monoisotopic (exact) mass is 319 g/mol. The first-order chi connectivity index (χ1) is 11.2. The molecule has 0 saturated heterocycles. The van der Waals surface area contributed by atoms with Gasteiger partial charge >= 0.3 is 0 Å². The molecule has 0 unspecified atom stereocenters. The zero-order chi connectivity index (χ0) is 16.5. The van der Waals surface area contributed by atoms with Crippen molar-refractivity contribution in [2.75, 3.05) is 20.3 Å². The SMILES string of the molecule is COCCCNC(=O)c1cncc(C(=O)NC2CCCCC2)c1. The van der Waals surface area contributed by atoms with Gasteiger partial charge in [-0.3, -0.25) is 14.6 Å². The maximum atomic E-state index is 12.3. The maximum Gasteiger partial charge on any atom is 0.253 e. The van der Waals surface area contributed by atoms with Gasteiger partial charge in [0.05, 0.1) is 11.1 Å². The molecule has 0 aliphatic heterocycles. The minimum atomic E-state index is -0.221. The van der Waals surface area contributed by atoms with Crippen LogP contribution in [0.2, 0.25) is 0 Å². The van der Waals surface area contributed by atoms with Gasteiger partial charge in [-0.25, -0.2) is 0 Å². The molecule has 1 aromatic heterocycles. The molecule has 0 atom stereocenters. The number of hydrogen-bond donors (Lipinski definition) is 2. The van der Waals surface area contributed by atoms with Gasteiger partial charge in [0.25, 0.3) is 11.8 Å². The molecule has 1 aromatic rings. The molecule has 1 saturated carbocycles. The number of rotatable bonds is 7. The van der Waals surface area contributed by atoms with Crippen LogP contribution in [-0.4, -0.2) is 43.1 Å². The normalized spacial score (nSPS) is 15.2. The molecule has 1 heterocycles. The Balaban J connectivity index is 1.90. The van der Waals surface area contributed by atoms with E-state index in [9.17, 15) is 9.59 Å². The minimum absolute atomic E-state index is 0.154. The van der Waals surface area contributed by atoms with E-state index < -0.39 is 0 Å². The quantitative estimate of drug-likeness (QED) is 0.752. The summed E-state index contributed by atoms with van der Waals surface area (Å²) in [5, 5.41) is 5.82. The van der Waals surface area contributed by atoms with E-state index in [1.165, 1.54) is 18.8 Å². The third-order valence-electron chi connectivity index (χ3n) is 4.01. The highest BCUT2D eigenvalue weighted by molar-refractivity contribution is 5.99. The van der Waals surface area contributed by atoms with Crippen LogP contribution in [0.15, 0.2) is 18.5 Å². The molecule has 0 spiro atoms. The highest BCUT2D eigenvalue weighted by Crippen LogP contribution is 2.17. The van der Waals surface area contributed by atoms with Crippen molar-refractivity contribution in [1.29, 1.82) is 0 Å². The molecular formula is C17H25N3O3. The average molecular weight is 319 g/mol. The minimum Gasteiger partial charge on any atom is -0.385 e. The van der Waals surface area contributed by atoms with Crippen LogP contribution in [0.4, 0.5) is 0 Å². The summed E-state index contributed by atoms with van der Waals surface area (Å²) < 4.78 is 4.94. The molecule has 1 fully saturated rings.